The average molecular weight is 278 g/mol. The van der Waals surface area contributed by atoms with Gasteiger partial charge in [-0.25, -0.2) is 9.59 Å². The molecule has 0 saturated heterocycles. The first-order chi connectivity index (χ1) is 9.63. The third kappa shape index (κ3) is 4.20. The van der Waals surface area contributed by atoms with Crippen LogP contribution in [0.5, 0.6) is 0 Å². The summed E-state index contributed by atoms with van der Waals surface area (Å²) in [6, 6.07) is 7.44. The molecule has 0 aliphatic rings. The number of esters is 2. The van der Waals surface area contributed by atoms with E-state index in [1.807, 2.05) is 24.3 Å². The smallest absolute Gasteiger partial charge is 0.345 e. The van der Waals surface area contributed by atoms with Crippen LogP contribution in [0.2, 0.25) is 0 Å². The summed E-state index contributed by atoms with van der Waals surface area (Å²) in [6.07, 6.45) is 2.15. The molecule has 0 amide bonds. The Labute approximate surface area is 118 Å². The second kappa shape index (κ2) is 8.12. The lowest BCUT2D eigenvalue weighted by Crippen LogP contribution is -2.15. The first-order valence-corrected chi connectivity index (χ1v) is 6.09. The van der Waals surface area contributed by atoms with Crippen LogP contribution in [0.15, 0.2) is 29.8 Å². The second-order valence-corrected chi connectivity index (χ2v) is 3.98. The van der Waals surface area contributed by atoms with E-state index >= 15 is 0 Å². The summed E-state index contributed by atoms with van der Waals surface area (Å²) in [5, 5.41) is 0. The van der Waals surface area contributed by atoms with Crippen molar-refractivity contribution in [2.45, 2.75) is 6.42 Å². The molecule has 0 heterocycles. The second-order valence-electron chi connectivity index (χ2n) is 3.98. The van der Waals surface area contributed by atoms with E-state index in [4.69, 9.17) is 4.74 Å². The van der Waals surface area contributed by atoms with Crippen LogP contribution in [-0.4, -0.2) is 39.9 Å². The minimum absolute atomic E-state index is 0.139. The van der Waals surface area contributed by atoms with Gasteiger partial charge in [-0.1, -0.05) is 24.3 Å². The molecule has 0 spiro atoms. The zero-order chi connectivity index (χ0) is 15.0. The van der Waals surface area contributed by atoms with Gasteiger partial charge < -0.3 is 14.2 Å². The van der Waals surface area contributed by atoms with Crippen LogP contribution in [0, 0.1) is 0 Å². The Bertz CT molecular complexity index is 487. The van der Waals surface area contributed by atoms with Crippen molar-refractivity contribution >= 4 is 18.0 Å². The van der Waals surface area contributed by atoms with Crippen molar-refractivity contribution in [1.29, 1.82) is 0 Å². The molecule has 0 aliphatic carbocycles. The molecule has 0 atom stereocenters. The number of benzene rings is 1. The quantitative estimate of drug-likeness (QED) is 0.342. The van der Waals surface area contributed by atoms with Gasteiger partial charge in [0.05, 0.1) is 20.8 Å². The third-order valence-corrected chi connectivity index (χ3v) is 2.74. The molecule has 5 heteroatoms. The van der Waals surface area contributed by atoms with E-state index in [9.17, 15) is 9.59 Å². The predicted molar refractivity (Wildman–Crippen MR) is 74.0 cm³/mol. The number of carbonyl (C=O) groups is 2. The van der Waals surface area contributed by atoms with Gasteiger partial charge in [-0.3, -0.25) is 0 Å². The zero-order valence-electron chi connectivity index (χ0n) is 11.8. The Hall–Kier alpha value is -2.14. The fraction of sp³-hybridized carbons (Fsp3) is 0.333. The third-order valence-electron chi connectivity index (χ3n) is 2.74. The molecule has 0 saturated carbocycles. The summed E-state index contributed by atoms with van der Waals surface area (Å²) >= 11 is 0. The van der Waals surface area contributed by atoms with E-state index in [0.29, 0.717) is 13.0 Å². The normalized spacial score (nSPS) is 9.75. The molecule has 5 nitrogen and oxygen atoms in total. The Morgan fingerprint density at radius 2 is 1.65 bits per heavy atom. The van der Waals surface area contributed by atoms with Gasteiger partial charge in [0.2, 0.25) is 0 Å². The van der Waals surface area contributed by atoms with Gasteiger partial charge >= 0.3 is 11.9 Å². The molecule has 0 fully saturated rings. The molecule has 20 heavy (non-hydrogen) atoms. The SMILES string of the molecule is COCCc1ccccc1C=C(C(=O)OC)C(=O)OC. The lowest BCUT2D eigenvalue weighted by atomic mass is 10.0. The van der Waals surface area contributed by atoms with Gasteiger partial charge in [0.1, 0.15) is 5.57 Å². The highest BCUT2D eigenvalue weighted by atomic mass is 16.5. The van der Waals surface area contributed by atoms with E-state index in [2.05, 4.69) is 9.47 Å². The molecule has 1 aromatic rings. The predicted octanol–water partition coefficient (Wildman–Crippen LogP) is 1.60. The van der Waals surface area contributed by atoms with Crippen LogP contribution < -0.4 is 0 Å². The molecule has 108 valence electrons. The van der Waals surface area contributed by atoms with Crippen LogP contribution in [0.1, 0.15) is 11.1 Å². The highest BCUT2D eigenvalue weighted by Gasteiger charge is 2.20. The van der Waals surface area contributed by atoms with E-state index < -0.39 is 11.9 Å². The Morgan fingerprint density at radius 1 is 1.05 bits per heavy atom. The summed E-state index contributed by atoms with van der Waals surface area (Å²) < 4.78 is 14.2. The van der Waals surface area contributed by atoms with Crippen molar-refractivity contribution in [2.24, 2.45) is 0 Å². The van der Waals surface area contributed by atoms with Crippen molar-refractivity contribution < 1.29 is 23.8 Å². The van der Waals surface area contributed by atoms with Crippen molar-refractivity contribution in [3.63, 3.8) is 0 Å². The molecule has 0 aromatic heterocycles. The monoisotopic (exact) mass is 278 g/mol. The fourth-order valence-electron chi connectivity index (χ4n) is 1.69. The molecule has 0 radical (unpaired) electrons. The summed E-state index contributed by atoms with van der Waals surface area (Å²) in [4.78, 5) is 23.3. The maximum atomic E-state index is 11.6. The molecule has 0 N–H and O–H groups in total. The molecule has 1 aromatic carbocycles. The minimum atomic E-state index is -0.724. The summed E-state index contributed by atoms with van der Waals surface area (Å²) in [7, 11) is 4.05. The number of ether oxygens (including phenoxy) is 3. The van der Waals surface area contributed by atoms with Gasteiger partial charge in [0.25, 0.3) is 0 Å². The minimum Gasteiger partial charge on any atom is -0.465 e. The number of rotatable bonds is 6. The molecule has 1 rings (SSSR count). The Morgan fingerprint density at radius 3 is 2.20 bits per heavy atom. The number of hydrogen-bond donors (Lipinski definition) is 0. The highest BCUT2D eigenvalue weighted by Crippen LogP contribution is 2.15. The number of hydrogen-bond acceptors (Lipinski definition) is 5. The van der Waals surface area contributed by atoms with Crippen molar-refractivity contribution in [2.75, 3.05) is 27.9 Å². The van der Waals surface area contributed by atoms with Crippen LogP contribution in [0.4, 0.5) is 0 Å². The van der Waals surface area contributed by atoms with Gasteiger partial charge in [0.15, 0.2) is 0 Å². The summed E-state index contributed by atoms with van der Waals surface area (Å²) in [5.41, 5.74) is 1.59. The van der Waals surface area contributed by atoms with E-state index in [1.54, 1.807) is 7.11 Å². The zero-order valence-corrected chi connectivity index (χ0v) is 11.8. The Kier molecular flexibility index (Phi) is 6.46. The number of carbonyl (C=O) groups excluding carboxylic acids is 2. The highest BCUT2D eigenvalue weighted by molar-refractivity contribution is 6.17. The van der Waals surface area contributed by atoms with Crippen molar-refractivity contribution in [1.82, 2.24) is 0 Å². The average Bonchev–Trinajstić information content (AvgIpc) is 2.49. The van der Waals surface area contributed by atoms with E-state index in [-0.39, 0.29) is 5.57 Å². The van der Waals surface area contributed by atoms with E-state index in [0.717, 1.165) is 11.1 Å². The first-order valence-electron chi connectivity index (χ1n) is 6.09. The van der Waals surface area contributed by atoms with Crippen molar-refractivity contribution in [3.8, 4) is 0 Å². The maximum absolute atomic E-state index is 11.6. The molecular formula is C15H18O5. The van der Waals surface area contributed by atoms with E-state index in [1.165, 1.54) is 20.3 Å². The number of methoxy groups -OCH3 is 3. The molecular weight excluding hydrogens is 260 g/mol. The Balaban J connectivity index is 3.16. The lowest BCUT2D eigenvalue weighted by molar-refractivity contribution is -0.143. The standard InChI is InChI=1S/C15H18O5/c1-18-9-8-11-6-4-5-7-12(11)10-13(14(16)19-2)15(17)20-3/h4-7,10H,8-9H2,1-3H3. The van der Waals surface area contributed by atoms with Gasteiger partial charge in [-0.15, -0.1) is 0 Å². The summed E-state index contributed by atoms with van der Waals surface area (Å²) in [6.45, 7) is 0.552. The molecule has 0 bridgehead atoms. The van der Waals surface area contributed by atoms with Crippen LogP contribution in [0.3, 0.4) is 0 Å². The molecule has 0 unspecified atom stereocenters. The fourth-order valence-corrected chi connectivity index (χ4v) is 1.69. The maximum Gasteiger partial charge on any atom is 0.345 e. The van der Waals surface area contributed by atoms with Crippen LogP contribution in [0.25, 0.3) is 6.08 Å². The largest absolute Gasteiger partial charge is 0.465 e. The summed E-state index contributed by atoms with van der Waals surface area (Å²) in [5.74, 6) is -1.45. The topological polar surface area (TPSA) is 61.8 Å². The van der Waals surface area contributed by atoms with Crippen LogP contribution >= 0.6 is 0 Å². The van der Waals surface area contributed by atoms with Gasteiger partial charge in [-0.05, 0) is 23.6 Å². The van der Waals surface area contributed by atoms with Crippen LogP contribution in [-0.2, 0) is 30.2 Å². The van der Waals surface area contributed by atoms with Crippen molar-refractivity contribution in [3.05, 3.63) is 41.0 Å². The molecule has 0 aliphatic heterocycles. The van der Waals surface area contributed by atoms with Gasteiger partial charge in [-0.2, -0.15) is 0 Å². The first kappa shape index (κ1) is 15.9. The van der Waals surface area contributed by atoms with Gasteiger partial charge in [0, 0.05) is 7.11 Å². The lowest BCUT2D eigenvalue weighted by Gasteiger charge is -2.07.